The van der Waals surface area contributed by atoms with E-state index in [-0.39, 0.29) is 16.4 Å². The number of hydrogen-bond acceptors (Lipinski definition) is 8. The van der Waals surface area contributed by atoms with E-state index in [1.165, 1.54) is 6.20 Å². The number of fused-ring (bicyclic) bond motifs is 1. The quantitative estimate of drug-likeness (QED) is 0.363. The van der Waals surface area contributed by atoms with Crippen LogP contribution in [0.25, 0.3) is 10.8 Å². The fourth-order valence-electron chi connectivity index (χ4n) is 4.42. The fraction of sp³-hybridized carbons (Fsp3) is 0.565. The van der Waals surface area contributed by atoms with Gasteiger partial charge in [-0.3, -0.25) is 0 Å². The summed E-state index contributed by atoms with van der Waals surface area (Å²) in [4.78, 5) is 13.4. The second-order valence-corrected chi connectivity index (χ2v) is 11.7. The minimum Gasteiger partial charge on any atom is -0.475 e. The average molecular weight is 628 g/mol. The van der Waals surface area contributed by atoms with Crippen LogP contribution in [0, 0.1) is 5.92 Å². The highest BCUT2D eigenvalue weighted by Gasteiger charge is 2.45. The van der Waals surface area contributed by atoms with E-state index in [0.29, 0.717) is 49.5 Å². The summed E-state index contributed by atoms with van der Waals surface area (Å²) in [6.07, 6.45) is -1.85. The van der Waals surface area contributed by atoms with Crippen molar-refractivity contribution in [1.29, 1.82) is 0 Å². The zero-order chi connectivity index (χ0) is 28.1. The number of carboxylic acid groups (broad SMARTS) is 1. The van der Waals surface area contributed by atoms with Gasteiger partial charge in [-0.15, -0.1) is 0 Å². The number of aliphatic hydroxyl groups is 1. The second-order valence-electron chi connectivity index (χ2n) is 9.06. The molecule has 1 unspecified atom stereocenters. The Morgan fingerprint density at radius 2 is 1.92 bits per heavy atom. The molecule has 0 saturated carbocycles. The first-order chi connectivity index (χ1) is 17.7. The number of aliphatic carboxylic acids is 1. The lowest BCUT2D eigenvalue weighted by Crippen LogP contribution is -2.45. The third-order valence-electron chi connectivity index (χ3n) is 6.37. The molecule has 0 bridgehead atoms. The number of halogens is 4. The van der Waals surface area contributed by atoms with E-state index in [1.54, 1.807) is 13.0 Å². The van der Waals surface area contributed by atoms with Gasteiger partial charge in [-0.05, 0) is 31.5 Å². The number of rotatable bonds is 7. The summed E-state index contributed by atoms with van der Waals surface area (Å²) in [6.45, 7) is 4.25. The monoisotopic (exact) mass is 627 g/mol. The number of ether oxygens (including phenoxy) is 2. The number of carboxylic acids is 1. The Morgan fingerprint density at radius 1 is 1.26 bits per heavy atom. The molecular weight excluding hydrogens is 599 g/mol. The summed E-state index contributed by atoms with van der Waals surface area (Å²) >= 11 is 3.44. The van der Waals surface area contributed by atoms with Gasteiger partial charge in [0.2, 0.25) is 10.0 Å². The maximum Gasteiger partial charge on any atom is 0.490 e. The maximum absolute atomic E-state index is 13.3. The van der Waals surface area contributed by atoms with Crippen molar-refractivity contribution in [2.45, 2.75) is 49.0 Å². The van der Waals surface area contributed by atoms with Gasteiger partial charge in [0.25, 0.3) is 0 Å². The molecule has 0 radical (unpaired) electrons. The number of benzene rings is 1. The number of pyridine rings is 1. The summed E-state index contributed by atoms with van der Waals surface area (Å²) in [5.74, 6) is -2.11. The molecule has 4 rings (SSSR count). The van der Waals surface area contributed by atoms with E-state index in [9.17, 15) is 26.7 Å². The molecule has 4 N–H and O–H groups in total. The Labute approximate surface area is 226 Å². The van der Waals surface area contributed by atoms with E-state index in [1.807, 2.05) is 12.1 Å². The van der Waals surface area contributed by atoms with Crippen molar-refractivity contribution >= 4 is 48.5 Å². The van der Waals surface area contributed by atoms with Crippen LogP contribution in [-0.2, 0) is 24.3 Å². The average Bonchev–Trinajstić information content (AvgIpc) is 3.22. The molecule has 2 aromatic rings. The zero-order valence-corrected chi connectivity index (χ0v) is 22.8. The number of hydrogen-bond donors (Lipinski definition) is 4. The number of aromatic nitrogens is 1. The molecule has 10 nitrogen and oxygen atoms in total. The van der Waals surface area contributed by atoms with Crippen LogP contribution in [0.5, 0.6) is 0 Å². The SMILES string of the molecule is C[C@H](O)CNc1ncc(S(=O)(=O)NCC2CCOC23CCOCC3)c2cc(Br)ccc12.O=C(O)C(F)(F)F. The Hall–Kier alpha value is -2.04. The first-order valence-corrected chi connectivity index (χ1v) is 14.0. The van der Waals surface area contributed by atoms with Gasteiger partial charge in [0.15, 0.2) is 0 Å². The molecule has 2 atom stereocenters. The van der Waals surface area contributed by atoms with Gasteiger partial charge in [-0.2, -0.15) is 13.2 Å². The molecule has 1 aromatic carbocycles. The zero-order valence-electron chi connectivity index (χ0n) is 20.4. The first-order valence-electron chi connectivity index (χ1n) is 11.8. The van der Waals surface area contributed by atoms with E-state index >= 15 is 0 Å². The molecule has 2 aliphatic heterocycles. The van der Waals surface area contributed by atoms with Crippen LogP contribution in [0.4, 0.5) is 19.0 Å². The Bertz CT molecular complexity index is 1240. The van der Waals surface area contributed by atoms with Gasteiger partial charge in [0, 0.05) is 73.1 Å². The van der Waals surface area contributed by atoms with Gasteiger partial charge in [0.05, 0.1) is 11.7 Å². The van der Waals surface area contributed by atoms with E-state index in [0.717, 1.165) is 23.7 Å². The number of nitrogens with one attached hydrogen (secondary N) is 2. The molecule has 1 spiro atoms. The normalized spacial score (nSPS) is 20.1. The Morgan fingerprint density at radius 3 is 2.53 bits per heavy atom. The summed E-state index contributed by atoms with van der Waals surface area (Å²) in [6, 6.07) is 5.43. The van der Waals surface area contributed by atoms with Crippen LogP contribution in [0.2, 0.25) is 0 Å². The lowest BCUT2D eigenvalue weighted by atomic mass is 9.81. The van der Waals surface area contributed by atoms with Crippen molar-refractivity contribution in [3.63, 3.8) is 0 Å². The van der Waals surface area contributed by atoms with Crippen LogP contribution in [-0.4, -0.2) is 80.4 Å². The minimum absolute atomic E-state index is 0.115. The van der Waals surface area contributed by atoms with Gasteiger partial charge in [-0.25, -0.2) is 22.9 Å². The molecule has 2 aliphatic rings. The lowest BCUT2D eigenvalue weighted by Gasteiger charge is -2.37. The van der Waals surface area contributed by atoms with Crippen molar-refractivity contribution in [2.75, 3.05) is 38.2 Å². The third kappa shape index (κ3) is 7.54. The van der Waals surface area contributed by atoms with E-state index in [4.69, 9.17) is 19.4 Å². The van der Waals surface area contributed by atoms with Crippen molar-refractivity contribution in [2.24, 2.45) is 5.92 Å². The predicted octanol–water partition coefficient (Wildman–Crippen LogP) is 3.29. The number of aliphatic hydroxyl groups excluding tert-OH is 1. The van der Waals surface area contributed by atoms with Crippen LogP contribution < -0.4 is 10.0 Å². The Balaban J connectivity index is 0.000000505. The fourth-order valence-corrected chi connectivity index (χ4v) is 6.01. The molecular formula is C23H29BrF3N3O7S. The summed E-state index contributed by atoms with van der Waals surface area (Å²) in [7, 11) is -3.79. The van der Waals surface area contributed by atoms with Crippen LogP contribution in [0.15, 0.2) is 33.8 Å². The highest BCUT2D eigenvalue weighted by atomic mass is 79.9. The van der Waals surface area contributed by atoms with Crippen molar-refractivity contribution in [1.82, 2.24) is 9.71 Å². The van der Waals surface area contributed by atoms with Crippen molar-refractivity contribution < 1.29 is 46.1 Å². The molecule has 1 aromatic heterocycles. The predicted molar refractivity (Wildman–Crippen MR) is 135 cm³/mol. The highest BCUT2D eigenvalue weighted by molar-refractivity contribution is 9.10. The van der Waals surface area contributed by atoms with E-state index in [2.05, 4.69) is 31.0 Å². The maximum atomic E-state index is 13.3. The smallest absolute Gasteiger partial charge is 0.475 e. The molecule has 3 heterocycles. The van der Waals surface area contributed by atoms with Crippen molar-refractivity contribution in [3.05, 3.63) is 28.9 Å². The third-order valence-corrected chi connectivity index (χ3v) is 8.31. The first kappa shape index (κ1) is 30.5. The number of nitrogens with zero attached hydrogens (tertiary/aromatic N) is 1. The molecule has 0 aliphatic carbocycles. The second kappa shape index (κ2) is 12.4. The number of alkyl halides is 3. The van der Waals surface area contributed by atoms with Crippen LogP contribution >= 0.6 is 15.9 Å². The molecule has 0 amide bonds. The largest absolute Gasteiger partial charge is 0.490 e. The molecule has 212 valence electrons. The summed E-state index contributed by atoms with van der Waals surface area (Å²) in [5, 5.41) is 21.0. The number of anilines is 1. The molecule has 15 heteroatoms. The minimum atomic E-state index is -5.08. The lowest BCUT2D eigenvalue weighted by molar-refractivity contribution is -0.192. The summed E-state index contributed by atoms with van der Waals surface area (Å²) < 4.78 is 73.4. The Kier molecular flexibility index (Phi) is 9.97. The molecule has 38 heavy (non-hydrogen) atoms. The number of sulfonamides is 1. The van der Waals surface area contributed by atoms with Gasteiger partial charge < -0.3 is 25.0 Å². The van der Waals surface area contributed by atoms with Crippen LogP contribution in [0.1, 0.15) is 26.2 Å². The van der Waals surface area contributed by atoms with Crippen molar-refractivity contribution in [3.8, 4) is 0 Å². The van der Waals surface area contributed by atoms with Crippen LogP contribution in [0.3, 0.4) is 0 Å². The molecule has 2 fully saturated rings. The molecule has 2 saturated heterocycles. The van der Waals surface area contributed by atoms with Gasteiger partial charge in [-0.1, -0.05) is 15.9 Å². The standard InChI is InChI=1S/C21H28BrN3O5S.C2HF3O2/c1-14(26)11-23-20-17-3-2-16(22)10-18(17)19(13-24-20)31(27,28)25-12-15-4-7-30-21(15)5-8-29-9-6-21;3-2(4,5)1(6)7/h2-3,10,13-15,25-26H,4-9,11-12H2,1H3,(H,23,24);(H,6,7)/t14-,15?;/m0./s1. The van der Waals surface area contributed by atoms with Gasteiger partial charge >= 0.3 is 12.1 Å². The summed E-state index contributed by atoms with van der Waals surface area (Å²) in [5.41, 5.74) is -0.293. The highest BCUT2D eigenvalue weighted by Crippen LogP contribution is 2.40. The van der Waals surface area contributed by atoms with Gasteiger partial charge in [0.1, 0.15) is 10.7 Å². The topological polar surface area (TPSA) is 147 Å². The number of carbonyl (C=O) groups is 1. The van der Waals surface area contributed by atoms with E-state index < -0.39 is 28.3 Å².